The van der Waals surface area contributed by atoms with E-state index in [1.54, 1.807) is 24.3 Å². The molecule has 1 aliphatic heterocycles. The maximum absolute atomic E-state index is 12.3. The average Bonchev–Trinajstić information content (AvgIpc) is 2.46. The monoisotopic (exact) mass is 323 g/mol. The topological polar surface area (TPSA) is 75.6 Å². The van der Waals surface area contributed by atoms with Gasteiger partial charge in [0.15, 0.2) is 0 Å². The minimum Gasteiger partial charge on any atom is -0.488 e. The minimum absolute atomic E-state index is 0.0995. The van der Waals surface area contributed by atoms with Crippen LogP contribution in [0.15, 0.2) is 23.8 Å². The van der Waals surface area contributed by atoms with Gasteiger partial charge in [0, 0.05) is 10.6 Å². The lowest BCUT2D eigenvalue weighted by atomic mass is 9.95. The Kier molecular flexibility index (Phi) is 4.76. The molecule has 2 rings (SSSR count). The van der Waals surface area contributed by atoms with Crippen LogP contribution in [0.1, 0.15) is 32.3 Å². The van der Waals surface area contributed by atoms with Crippen molar-refractivity contribution in [1.82, 2.24) is 5.32 Å². The molecule has 22 heavy (non-hydrogen) atoms. The standard InChI is InChI=1S/C16H18ClNO4/c1-3-6-16(2,15(20)21)18-14(19)11-7-10-8-12(17)4-5-13(10)22-9-11/h4-5,7-8H,3,6,9H2,1-2H3,(H,18,19)(H,20,21). The van der Waals surface area contributed by atoms with E-state index in [2.05, 4.69) is 5.32 Å². The zero-order valence-electron chi connectivity index (χ0n) is 12.5. The predicted molar refractivity (Wildman–Crippen MR) is 84.0 cm³/mol. The number of hydrogen-bond acceptors (Lipinski definition) is 3. The summed E-state index contributed by atoms with van der Waals surface area (Å²) < 4.78 is 5.51. The van der Waals surface area contributed by atoms with Crippen LogP contribution in [0.3, 0.4) is 0 Å². The van der Waals surface area contributed by atoms with Gasteiger partial charge in [-0.2, -0.15) is 0 Å². The Bertz CT molecular complexity index is 641. The van der Waals surface area contributed by atoms with Crippen molar-refractivity contribution in [2.45, 2.75) is 32.2 Å². The molecule has 0 fully saturated rings. The lowest BCUT2D eigenvalue weighted by molar-refractivity contribution is -0.146. The van der Waals surface area contributed by atoms with E-state index >= 15 is 0 Å². The van der Waals surface area contributed by atoms with Gasteiger partial charge in [0.05, 0.1) is 5.57 Å². The van der Waals surface area contributed by atoms with Gasteiger partial charge in [0.2, 0.25) is 0 Å². The third kappa shape index (κ3) is 3.42. The van der Waals surface area contributed by atoms with Gasteiger partial charge >= 0.3 is 5.97 Å². The first-order valence-electron chi connectivity index (χ1n) is 7.04. The fourth-order valence-corrected chi connectivity index (χ4v) is 2.51. The molecule has 1 aromatic carbocycles. The fourth-order valence-electron chi connectivity index (χ4n) is 2.33. The summed E-state index contributed by atoms with van der Waals surface area (Å²) in [6.07, 6.45) is 2.68. The Morgan fingerprint density at radius 3 is 2.82 bits per heavy atom. The van der Waals surface area contributed by atoms with E-state index in [4.69, 9.17) is 16.3 Å². The van der Waals surface area contributed by atoms with E-state index in [0.29, 0.717) is 34.8 Å². The van der Waals surface area contributed by atoms with E-state index in [9.17, 15) is 14.7 Å². The van der Waals surface area contributed by atoms with E-state index in [1.165, 1.54) is 6.92 Å². The maximum atomic E-state index is 12.3. The highest BCUT2D eigenvalue weighted by Gasteiger charge is 2.35. The second kappa shape index (κ2) is 6.40. The second-order valence-corrected chi connectivity index (χ2v) is 5.92. The molecular formula is C16H18ClNO4. The van der Waals surface area contributed by atoms with Gasteiger partial charge in [-0.25, -0.2) is 4.79 Å². The highest BCUT2D eigenvalue weighted by Crippen LogP contribution is 2.29. The number of ether oxygens (including phenoxy) is 1. The van der Waals surface area contributed by atoms with Crippen molar-refractivity contribution in [2.24, 2.45) is 0 Å². The molecule has 1 aliphatic rings. The van der Waals surface area contributed by atoms with Crippen molar-refractivity contribution in [2.75, 3.05) is 6.61 Å². The Morgan fingerprint density at radius 1 is 1.45 bits per heavy atom. The van der Waals surface area contributed by atoms with Crippen molar-refractivity contribution in [3.8, 4) is 5.75 Å². The predicted octanol–water partition coefficient (Wildman–Crippen LogP) is 2.88. The molecule has 5 nitrogen and oxygen atoms in total. The Hall–Kier alpha value is -2.01. The summed E-state index contributed by atoms with van der Waals surface area (Å²) >= 11 is 5.93. The third-order valence-corrected chi connectivity index (χ3v) is 3.82. The molecule has 1 unspecified atom stereocenters. The van der Waals surface area contributed by atoms with Crippen LogP contribution in [0.2, 0.25) is 5.02 Å². The number of carbonyl (C=O) groups excluding carboxylic acids is 1. The fraction of sp³-hybridized carbons (Fsp3) is 0.375. The average molecular weight is 324 g/mol. The van der Waals surface area contributed by atoms with Crippen molar-refractivity contribution < 1.29 is 19.4 Å². The van der Waals surface area contributed by atoms with Gasteiger partial charge < -0.3 is 15.2 Å². The molecule has 1 amide bonds. The Balaban J connectivity index is 2.21. The normalized spacial score (nSPS) is 15.9. The molecule has 1 heterocycles. The second-order valence-electron chi connectivity index (χ2n) is 5.48. The number of carboxylic acids is 1. The van der Waals surface area contributed by atoms with E-state index in [-0.39, 0.29) is 6.61 Å². The summed E-state index contributed by atoms with van der Waals surface area (Å²) in [4.78, 5) is 23.7. The molecule has 6 heteroatoms. The number of fused-ring (bicyclic) bond motifs is 1. The van der Waals surface area contributed by atoms with Crippen LogP contribution in [0.4, 0.5) is 0 Å². The van der Waals surface area contributed by atoms with Gasteiger partial charge in [0.1, 0.15) is 17.9 Å². The number of aliphatic carboxylic acids is 1. The van der Waals surface area contributed by atoms with Crippen molar-refractivity contribution in [3.63, 3.8) is 0 Å². The molecular weight excluding hydrogens is 306 g/mol. The maximum Gasteiger partial charge on any atom is 0.329 e. The van der Waals surface area contributed by atoms with E-state index < -0.39 is 17.4 Å². The molecule has 0 aromatic heterocycles. The summed E-state index contributed by atoms with van der Waals surface area (Å²) in [5, 5.41) is 12.5. The van der Waals surface area contributed by atoms with Crippen LogP contribution in [0.25, 0.3) is 6.08 Å². The Morgan fingerprint density at radius 2 is 2.18 bits per heavy atom. The van der Waals surface area contributed by atoms with Crippen LogP contribution in [0.5, 0.6) is 5.75 Å². The number of carboxylic acid groups (broad SMARTS) is 1. The smallest absolute Gasteiger partial charge is 0.329 e. The molecule has 1 atom stereocenters. The number of carbonyl (C=O) groups is 2. The highest BCUT2D eigenvalue weighted by atomic mass is 35.5. The zero-order chi connectivity index (χ0) is 16.3. The number of hydrogen-bond donors (Lipinski definition) is 2. The zero-order valence-corrected chi connectivity index (χ0v) is 13.2. The quantitative estimate of drug-likeness (QED) is 0.873. The summed E-state index contributed by atoms with van der Waals surface area (Å²) in [6.45, 7) is 3.47. The van der Waals surface area contributed by atoms with Gasteiger partial charge in [-0.1, -0.05) is 24.9 Å². The van der Waals surface area contributed by atoms with E-state index in [1.807, 2.05) is 6.92 Å². The molecule has 0 bridgehead atoms. The molecule has 0 spiro atoms. The molecule has 2 N–H and O–H groups in total. The lowest BCUT2D eigenvalue weighted by Crippen LogP contribution is -2.52. The largest absolute Gasteiger partial charge is 0.488 e. The van der Waals surface area contributed by atoms with Gasteiger partial charge in [-0.05, 0) is 37.6 Å². The molecule has 1 aromatic rings. The SMILES string of the molecule is CCCC(C)(NC(=O)C1=Cc2cc(Cl)ccc2OC1)C(=O)O. The number of amides is 1. The van der Waals surface area contributed by atoms with Gasteiger partial charge in [-0.15, -0.1) is 0 Å². The van der Waals surface area contributed by atoms with Crippen LogP contribution < -0.4 is 10.1 Å². The van der Waals surface area contributed by atoms with E-state index in [0.717, 1.165) is 0 Å². The summed E-state index contributed by atoms with van der Waals surface area (Å²) in [7, 11) is 0. The minimum atomic E-state index is -1.29. The van der Waals surface area contributed by atoms with Gasteiger partial charge in [-0.3, -0.25) is 4.79 Å². The first-order valence-corrected chi connectivity index (χ1v) is 7.42. The summed E-state index contributed by atoms with van der Waals surface area (Å²) in [6, 6.07) is 5.15. The molecule has 118 valence electrons. The lowest BCUT2D eigenvalue weighted by Gasteiger charge is -2.27. The van der Waals surface area contributed by atoms with Crippen LogP contribution in [-0.4, -0.2) is 29.1 Å². The third-order valence-electron chi connectivity index (χ3n) is 3.59. The van der Waals surface area contributed by atoms with Crippen molar-refractivity contribution >= 4 is 29.6 Å². The first-order chi connectivity index (χ1) is 10.4. The highest BCUT2D eigenvalue weighted by molar-refractivity contribution is 6.30. The Labute approximate surface area is 133 Å². The van der Waals surface area contributed by atoms with Gasteiger partial charge in [0.25, 0.3) is 5.91 Å². The first kappa shape index (κ1) is 16.4. The van der Waals surface area contributed by atoms with Crippen LogP contribution in [-0.2, 0) is 9.59 Å². The molecule has 0 saturated heterocycles. The number of benzene rings is 1. The number of nitrogens with one attached hydrogen (secondary N) is 1. The number of halogens is 1. The summed E-state index contributed by atoms with van der Waals surface area (Å²) in [5.41, 5.74) is -0.212. The molecule has 0 radical (unpaired) electrons. The van der Waals surface area contributed by atoms with Crippen LogP contribution >= 0.6 is 11.6 Å². The number of rotatable bonds is 5. The summed E-state index contributed by atoms with van der Waals surface area (Å²) in [5.74, 6) is -0.844. The molecule has 0 aliphatic carbocycles. The van der Waals surface area contributed by atoms with Crippen LogP contribution in [0, 0.1) is 0 Å². The molecule has 0 saturated carbocycles. The van der Waals surface area contributed by atoms with Crippen molar-refractivity contribution in [1.29, 1.82) is 0 Å². The van der Waals surface area contributed by atoms with Crippen molar-refractivity contribution in [3.05, 3.63) is 34.4 Å².